The molecule has 0 aliphatic heterocycles. The number of rotatable bonds is 5. The second kappa shape index (κ2) is 6.37. The maximum atomic E-state index is 11.0. The Morgan fingerprint density at radius 2 is 2.07 bits per heavy atom. The third-order valence-corrected chi connectivity index (χ3v) is 2.61. The van der Waals surface area contributed by atoms with Crippen molar-refractivity contribution in [2.45, 2.75) is 25.8 Å². The van der Waals surface area contributed by atoms with Gasteiger partial charge in [-0.05, 0) is 25.0 Å². The van der Waals surface area contributed by atoms with Crippen molar-refractivity contribution >= 4 is 15.7 Å². The van der Waals surface area contributed by atoms with E-state index in [9.17, 15) is 4.79 Å². The van der Waals surface area contributed by atoms with Crippen molar-refractivity contribution in [1.82, 2.24) is 0 Å². The fourth-order valence-electron chi connectivity index (χ4n) is 1.31. The molecule has 0 saturated heterocycles. The molecule has 14 heavy (non-hydrogen) atoms. The predicted molar refractivity (Wildman–Crippen MR) is 59.9 cm³/mol. The van der Waals surface area contributed by atoms with Gasteiger partial charge in [0.05, 0.1) is 0 Å². The minimum atomic E-state index is -0.574. The van der Waals surface area contributed by atoms with Crippen molar-refractivity contribution in [2.24, 2.45) is 0 Å². The molecule has 1 aromatic carbocycles. The molecule has 3 heteroatoms. The summed E-state index contributed by atoms with van der Waals surface area (Å²) < 4.78 is 4.98. The summed E-state index contributed by atoms with van der Waals surface area (Å²) in [4.78, 5) is 11.0. The Balaban J connectivity index is 2.19. The number of aryl methyl sites for hydroxylation is 1. The normalized spacial score (nSPS) is 10.6. The Labute approximate surface area is 87.2 Å². The summed E-state index contributed by atoms with van der Waals surface area (Å²) in [6, 6.07) is 10.2. The third kappa shape index (κ3) is 4.23. The van der Waals surface area contributed by atoms with E-state index < -0.39 is 9.76 Å². The van der Waals surface area contributed by atoms with Crippen LogP contribution < -0.4 is 0 Å². The molecular formula is C11H16O2Si. The lowest BCUT2D eigenvalue weighted by molar-refractivity contribution is -0.134. The van der Waals surface area contributed by atoms with E-state index in [-0.39, 0.29) is 5.97 Å². The first-order chi connectivity index (χ1) is 6.83. The molecule has 76 valence electrons. The maximum Gasteiger partial charge on any atom is 0.292 e. The largest absolute Gasteiger partial charge is 0.525 e. The summed E-state index contributed by atoms with van der Waals surface area (Å²) >= 11 is 0. The van der Waals surface area contributed by atoms with Crippen LogP contribution in [0.3, 0.4) is 0 Å². The zero-order valence-corrected chi connectivity index (χ0v) is 9.95. The van der Waals surface area contributed by atoms with Crippen molar-refractivity contribution in [1.29, 1.82) is 0 Å². The third-order valence-electron chi connectivity index (χ3n) is 1.99. The van der Waals surface area contributed by atoms with Crippen molar-refractivity contribution in [3.05, 3.63) is 35.9 Å². The summed E-state index contributed by atoms with van der Waals surface area (Å²) in [7, 11) is -0.574. The molecular weight excluding hydrogens is 192 g/mol. The number of carbonyl (C=O) groups is 1. The quantitative estimate of drug-likeness (QED) is 0.688. The van der Waals surface area contributed by atoms with Crippen LogP contribution >= 0.6 is 0 Å². The van der Waals surface area contributed by atoms with Crippen molar-refractivity contribution in [3.63, 3.8) is 0 Å². The summed E-state index contributed by atoms with van der Waals surface area (Å²) in [6.45, 7) is 1.97. The van der Waals surface area contributed by atoms with Crippen LogP contribution in [0, 0.1) is 0 Å². The summed E-state index contributed by atoms with van der Waals surface area (Å²) in [6.07, 6.45) is 2.40. The second-order valence-corrected chi connectivity index (χ2v) is 4.01. The Kier molecular flexibility index (Phi) is 5.00. The van der Waals surface area contributed by atoms with E-state index >= 15 is 0 Å². The molecule has 0 aliphatic carbocycles. The van der Waals surface area contributed by atoms with Gasteiger partial charge in [0.1, 0.15) is 0 Å². The average molecular weight is 208 g/mol. The van der Waals surface area contributed by atoms with Crippen LogP contribution in [-0.4, -0.2) is 15.7 Å². The molecule has 0 saturated carbocycles. The van der Waals surface area contributed by atoms with E-state index in [0.717, 1.165) is 12.8 Å². The standard InChI is InChI=1S/C11H16O2Si/c1-14-13-11(12)9-5-8-10-6-3-2-4-7-10/h2-4,6-7H,5,8-9,14H2,1H3. The number of hydrogen-bond donors (Lipinski definition) is 0. The lowest BCUT2D eigenvalue weighted by atomic mass is 10.1. The highest BCUT2D eigenvalue weighted by Gasteiger charge is 2.00. The van der Waals surface area contributed by atoms with Gasteiger partial charge in [0.2, 0.25) is 9.76 Å². The Morgan fingerprint density at radius 3 is 2.71 bits per heavy atom. The van der Waals surface area contributed by atoms with Crippen LogP contribution in [0.15, 0.2) is 30.3 Å². The fraction of sp³-hybridized carbons (Fsp3) is 0.364. The van der Waals surface area contributed by atoms with Crippen LogP contribution in [-0.2, 0) is 15.6 Å². The van der Waals surface area contributed by atoms with Gasteiger partial charge in [0.25, 0.3) is 5.97 Å². The van der Waals surface area contributed by atoms with E-state index in [1.54, 1.807) is 0 Å². The zero-order chi connectivity index (χ0) is 10.2. The predicted octanol–water partition coefficient (Wildman–Crippen LogP) is 1.68. The molecule has 0 spiro atoms. The molecule has 0 atom stereocenters. The van der Waals surface area contributed by atoms with Crippen molar-refractivity contribution in [2.75, 3.05) is 0 Å². The zero-order valence-electron chi connectivity index (χ0n) is 8.53. The first-order valence-electron chi connectivity index (χ1n) is 5.02. The average Bonchev–Trinajstić information content (AvgIpc) is 2.20. The van der Waals surface area contributed by atoms with Crippen molar-refractivity contribution < 1.29 is 9.22 Å². The Bertz CT molecular complexity index is 272. The monoisotopic (exact) mass is 208 g/mol. The van der Waals surface area contributed by atoms with Gasteiger partial charge in [-0.15, -0.1) is 0 Å². The van der Waals surface area contributed by atoms with Gasteiger partial charge in [0, 0.05) is 6.42 Å². The van der Waals surface area contributed by atoms with Crippen LogP contribution in [0.25, 0.3) is 0 Å². The second-order valence-electron chi connectivity index (χ2n) is 3.14. The summed E-state index contributed by atoms with van der Waals surface area (Å²) in [5.74, 6) is -0.0323. The molecule has 2 nitrogen and oxygen atoms in total. The molecule has 0 fully saturated rings. The van der Waals surface area contributed by atoms with E-state index in [2.05, 4.69) is 12.1 Å². The molecule has 1 aromatic rings. The molecule has 0 amide bonds. The molecule has 0 heterocycles. The van der Waals surface area contributed by atoms with Gasteiger partial charge in [-0.25, -0.2) is 0 Å². The minimum absolute atomic E-state index is 0.0323. The molecule has 0 radical (unpaired) electrons. The van der Waals surface area contributed by atoms with E-state index in [4.69, 9.17) is 4.43 Å². The van der Waals surface area contributed by atoms with Gasteiger partial charge >= 0.3 is 0 Å². The number of benzene rings is 1. The number of hydrogen-bond acceptors (Lipinski definition) is 2. The lowest BCUT2D eigenvalue weighted by Crippen LogP contribution is -2.05. The van der Waals surface area contributed by atoms with Crippen LogP contribution in [0.2, 0.25) is 6.55 Å². The summed E-state index contributed by atoms with van der Waals surface area (Å²) in [5, 5.41) is 0. The van der Waals surface area contributed by atoms with Crippen LogP contribution in [0.4, 0.5) is 0 Å². The van der Waals surface area contributed by atoms with Gasteiger partial charge in [-0.2, -0.15) is 0 Å². The highest BCUT2D eigenvalue weighted by molar-refractivity contribution is 6.28. The Morgan fingerprint density at radius 1 is 1.36 bits per heavy atom. The van der Waals surface area contributed by atoms with Crippen LogP contribution in [0.5, 0.6) is 0 Å². The smallest absolute Gasteiger partial charge is 0.292 e. The molecule has 1 rings (SSSR count). The first kappa shape index (κ1) is 11.0. The van der Waals surface area contributed by atoms with E-state index in [0.29, 0.717) is 6.42 Å². The van der Waals surface area contributed by atoms with E-state index in [1.807, 2.05) is 24.7 Å². The molecule has 0 aliphatic rings. The lowest BCUT2D eigenvalue weighted by Gasteiger charge is -2.02. The summed E-state index contributed by atoms with van der Waals surface area (Å²) in [5.41, 5.74) is 1.29. The van der Waals surface area contributed by atoms with Gasteiger partial charge in [-0.1, -0.05) is 30.3 Å². The van der Waals surface area contributed by atoms with Crippen LogP contribution in [0.1, 0.15) is 18.4 Å². The van der Waals surface area contributed by atoms with E-state index in [1.165, 1.54) is 5.56 Å². The van der Waals surface area contributed by atoms with Gasteiger partial charge in [-0.3, -0.25) is 4.79 Å². The molecule has 0 N–H and O–H groups in total. The highest BCUT2D eigenvalue weighted by Crippen LogP contribution is 2.04. The Hall–Kier alpha value is -1.09. The maximum absolute atomic E-state index is 11.0. The minimum Gasteiger partial charge on any atom is -0.525 e. The molecule has 0 aromatic heterocycles. The SMILES string of the molecule is C[SiH2]OC(=O)CCCc1ccccc1. The first-order valence-corrected chi connectivity index (χ1v) is 7.01. The highest BCUT2D eigenvalue weighted by atomic mass is 28.2. The fourth-order valence-corrected chi connectivity index (χ4v) is 1.78. The van der Waals surface area contributed by atoms with Crippen molar-refractivity contribution in [3.8, 4) is 0 Å². The van der Waals surface area contributed by atoms with Gasteiger partial charge in [0.15, 0.2) is 0 Å². The molecule has 0 bridgehead atoms. The molecule has 0 unspecified atom stereocenters. The van der Waals surface area contributed by atoms with Gasteiger partial charge < -0.3 is 4.43 Å². The topological polar surface area (TPSA) is 26.3 Å². The number of carbonyl (C=O) groups excluding carboxylic acids is 1.